The minimum Gasteiger partial charge on any atom is -0.394 e. The van der Waals surface area contributed by atoms with Gasteiger partial charge in [0, 0.05) is 0 Å². The second-order valence-electron chi connectivity index (χ2n) is 6.52. The number of nitrogen functional groups attached to an aromatic ring is 1. The van der Waals surface area contributed by atoms with E-state index in [1.165, 1.54) is 12.1 Å². The summed E-state index contributed by atoms with van der Waals surface area (Å²) >= 11 is 0. The molecule has 14 heteroatoms. The second kappa shape index (κ2) is 8.08. The number of aromatic nitrogens is 2. The first-order valence-corrected chi connectivity index (χ1v) is 9.93. The molecular formula is C16H18N4O9S. The summed E-state index contributed by atoms with van der Waals surface area (Å²) in [5, 5.41) is 31.2. The number of nitrogens with two attached hydrogens (primary N) is 1. The molecule has 1 aliphatic rings. The first kappa shape index (κ1) is 21.8. The Kier molecular flexibility index (Phi) is 5.87. The van der Waals surface area contributed by atoms with Gasteiger partial charge in [-0.1, -0.05) is 17.7 Å². The van der Waals surface area contributed by atoms with E-state index < -0.39 is 63.4 Å². The van der Waals surface area contributed by atoms with Crippen molar-refractivity contribution in [2.45, 2.75) is 36.4 Å². The summed E-state index contributed by atoms with van der Waals surface area (Å²) in [4.78, 5) is 25.4. The van der Waals surface area contributed by atoms with Gasteiger partial charge in [0.2, 0.25) is 5.82 Å². The van der Waals surface area contributed by atoms with Crippen LogP contribution in [0.4, 0.5) is 11.5 Å². The molecule has 2 aromatic rings. The molecule has 0 bridgehead atoms. The van der Waals surface area contributed by atoms with E-state index in [2.05, 4.69) is 4.98 Å². The van der Waals surface area contributed by atoms with Gasteiger partial charge in [-0.2, -0.15) is 13.4 Å². The number of nitrogens with zero attached hydrogens (tertiary/aromatic N) is 3. The van der Waals surface area contributed by atoms with E-state index in [0.717, 1.165) is 5.56 Å². The monoisotopic (exact) mass is 442 g/mol. The maximum atomic E-state index is 12.5. The minimum atomic E-state index is -4.36. The third kappa shape index (κ3) is 4.03. The molecule has 1 aromatic carbocycles. The first-order valence-electron chi connectivity index (χ1n) is 8.52. The van der Waals surface area contributed by atoms with Crippen molar-refractivity contribution in [3.8, 4) is 0 Å². The second-order valence-corrected chi connectivity index (χ2v) is 8.10. The van der Waals surface area contributed by atoms with E-state index >= 15 is 0 Å². The Labute approximate surface area is 169 Å². The molecule has 0 radical (unpaired) electrons. The number of nitro groups is 1. The molecule has 0 saturated carbocycles. The summed E-state index contributed by atoms with van der Waals surface area (Å²) in [7, 11) is -4.36. The number of benzene rings is 1. The van der Waals surface area contributed by atoms with Crippen LogP contribution in [0.2, 0.25) is 0 Å². The molecule has 3 rings (SSSR count). The SMILES string of the molecule is Cc1ccc(S(=O)(=O)OC2C(CO)OC(n3cc([N+](=O)[O-])c(N)nc3=O)C2O)cc1. The number of ether oxygens (including phenoxy) is 1. The van der Waals surface area contributed by atoms with Crippen LogP contribution >= 0.6 is 0 Å². The van der Waals surface area contributed by atoms with E-state index in [1.807, 2.05) is 0 Å². The number of aryl methyl sites for hydroxylation is 1. The van der Waals surface area contributed by atoms with E-state index in [-0.39, 0.29) is 4.90 Å². The summed E-state index contributed by atoms with van der Waals surface area (Å²) in [6, 6.07) is 5.69. The van der Waals surface area contributed by atoms with Crippen molar-refractivity contribution in [1.82, 2.24) is 9.55 Å². The number of rotatable bonds is 6. The highest BCUT2D eigenvalue weighted by atomic mass is 32.2. The summed E-state index contributed by atoms with van der Waals surface area (Å²) in [6.07, 6.45) is -5.64. The molecule has 30 heavy (non-hydrogen) atoms. The van der Waals surface area contributed by atoms with Gasteiger partial charge in [-0.15, -0.1) is 0 Å². The molecule has 4 atom stereocenters. The quantitative estimate of drug-likeness (QED) is 0.284. The number of hydrogen-bond acceptors (Lipinski definition) is 11. The normalized spacial score (nSPS) is 24.1. The lowest BCUT2D eigenvalue weighted by Gasteiger charge is -2.19. The van der Waals surface area contributed by atoms with Crippen molar-refractivity contribution in [1.29, 1.82) is 0 Å². The Balaban J connectivity index is 1.94. The van der Waals surface area contributed by atoms with Crippen molar-refractivity contribution in [3.05, 3.63) is 56.6 Å². The van der Waals surface area contributed by atoms with Crippen LogP contribution < -0.4 is 11.4 Å². The van der Waals surface area contributed by atoms with Crippen molar-refractivity contribution in [2.75, 3.05) is 12.3 Å². The number of aliphatic hydroxyl groups is 2. The predicted octanol–water partition coefficient (Wildman–Crippen LogP) is -0.933. The molecule has 0 spiro atoms. The largest absolute Gasteiger partial charge is 0.394 e. The molecule has 0 aliphatic carbocycles. The Hall–Kier alpha value is -2.91. The highest BCUT2D eigenvalue weighted by Gasteiger charge is 2.48. The topological polar surface area (TPSA) is 197 Å². The molecule has 2 heterocycles. The highest BCUT2D eigenvalue weighted by Crippen LogP contribution is 2.33. The lowest BCUT2D eigenvalue weighted by atomic mass is 10.1. The molecule has 1 fully saturated rings. The van der Waals surface area contributed by atoms with E-state index in [0.29, 0.717) is 10.8 Å². The first-order chi connectivity index (χ1) is 14.0. The van der Waals surface area contributed by atoms with Crippen LogP contribution in [0.3, 0.4) is 0 Å². The smallest absolute Gasteiger partial charge is 0.352 e. The molecule has 0 amide bonds. The lowest BCUT2D eigenvalue weighted by molar-refractivity contribution is -0.384. The fraction of sp³-hybridized carbons (Fsp3) is 0.375. The van der Waals surface area contributed by atoms with Crippen molar-refractivity contribution in [3.63, 3.8) is 0 Å². The van der Waals surface area contributed by atoms with Crippen molar-refractivity contribution in [2.24, 2.45) is 0 Å². The van der Waals surface area contributed by atoms with Gasteiger partial charge in [0.25, 0.3) is 10.1 Å². The third-order valence-corrected chi connectivity index (χ3v) is 5.79. The van der Waals surface area contributed by atoms with Gasteiger partial charge in [0.1, 0.15) is 18.3 Å². The van der Waals surface area contributed by atoms with Crippen LogP contribution in [-0.4, -0.2) is 58.0 Å². The Morgan fingerprint density at radius 3 is 2.57 bits per heavy atom. The maximum absolute atomic E-state index is 12.5. The third-order valence-electron chi connectivity index (χ3n) is 4.47. The van der Waals surface area contributed by atoms with E-state index in [1.54, 1.807) is 19.1 Å². The summed E-state index contributed by atoms with van der Waals surface area (Å²) in [6.45, 7) is 0.997. The average molecular weight is 442 g/mol. The van der Waals surface area contributed by atoms with Gasteiger partial charge in [-0.25, -0.2) is 4.79 Å². The summed E-state index contributed by atoms with van der Waals surface area (Å²) in [5.41, 5.74) is 4.36. The van der Waals surface area contributed by atoms with Gasteiger partial charge in [0.05, 0.1) is 22.6 Å². The zero-order valence-corrected chi connectivity index (χ0v) is 16.3. The average Bonchev–Trinajstić information content (AvgIpc) is 2.97. The Morgan fingerprint density at radius 2 is 2.00 bits per heavy atom. The van der Waals surface area contributed by atoms with Crippen LogP contribution in [0.5, 0.6) is 0 Å². The number of anilines is 1. The van der Waals surface area contributed by atoms with Crippen molar-refractivity contribution >= 4 is 21.6 Å². The zero-order chi connectivity index (χ0) is 22.2. The Bertz CT molecular complexity index is 1120. The fourth-order valence-electron chi connectivity index (χ4n) is 2.92. The molecular weight excluding hydrogens is 424 g/mol. The number of aliphatic hydroxyl groups excluding tert-OH is 2. The van der Waals surface area contributed by atoms with Gasteiger partial charge in [0.15, 0.2) is 6.23 Å². The Morgan fingerprint density at radius 1 is 1.37 bits per heavy atom. The molecule has 4 unspecified atom stereocenters. The highest BCUT2D eigenvalue weighted by molar-refractivity contribution is 7.86. The number of hydrogen-bond donors (Lipinski definition) is 3. The van der Waals surface area contributed by atoms with E-state index in [4.69, 9.17) is 14.7 Å². The van der Waals surface area contributed by atoms with Crippen LogP contribution in [0.15, 0.2) is 40.2 Å². The molecule has 1 aromatic heterocycles. The lowest BCUT2D eigenvalue weighted by Crippen LogP contribution is -2.39. The summed E-state index contributed by atoms with van der Waals surface area (Å²) in [5.74, 6) is -0.637. The fourth-order valence-corrected chi connectivity index (χ4v) is 4.03. The van der Waals surface area contributed by atoms with Crippen LogP contribution in [-0.2, 0) is 19.0 Å². The predicted molar refractivity (Wildman–Crippen MR) is 99.8 cm³/mol. The maximum Gasteiger partial charge on any atom is 0.352 e. The van der Waals surface area contributed by atoms with Gasteiger partial charge in [-0.3, -0.25) is 18.9 Å². The standard InChI is InChI=1S/C16H18N4O9S/c1-8-2-4-9(5-3-8)30(26,27)29-13-11(7-21)28-15(12(13)22)19-6-10(20(24)25)14(17)18-16(19)23/h2-6,11-13,15,21-22H,7H2,1H3,(H2,17,18,23). The van der Waals surface area contributed by atoms with Crippen molar-refractivity contribution < 1.29 is 32.5 Å². The minimum absolute atomic E-state index is 0.192. The summed E-state index contributed by atoms with van der Waals surface area (Å²) < 4.78 is 36.1. The zero-order valence-electron chi connectivity index (χ0n) is 15.5. The van der Waals surface area contributed by atoms with Gasteiger partial charge < -0.3 is 20.7 Å². The molecule has 1 aliphatic heterocycles. The van der Waals surface area contributed by atoms with Gasteiger partial charge >= 0.3 is 11.4 Å². The van der Waals surface area contributed by atoms with Gasteiger partial charge in [-0.05, 0) is 19.1 Å². The van der Waals surface area contributed by atoms with E-state index in [9.17, 15) is 33.5 Å². The van der Waals surface area contributed by atoms with Crippen LogP contribution in [0.1, 0.15) is 11.8 Å². The molecule has 1 saturated heterocycles. The van der Waals surface area contributed by atoms with Crippen LogP contribution in [0.25, 0.3) is 0 Å². The molecule has 13 nitrogen and oxygen atoms in total. The van der Waals surface area contributed by atoms with Crippen LogP contribution in [0, 0.1) is 17.0 Å². The molecule has 4 N–H and O–H groups in total. The molecule has 162 valence electrons.